The highest BCUT2D eigenvalue weighted by Crippen LogP contribution is 2.26. The fourth-order valence-electron chi connectivity index (χ4n) is 3.41. The van der Waals surface area contributed by atoms with E-state index >= 15 is 0 Å². The lowest BCUT2D eigenvalue weighted by Crippen LogP contribution is -2.09. The lowest BCUT2D eigenvalue weighted by atomic mass is 10.0. The van der Waals surface area contributed by atoms with Crippen molar-refractivity contribution < 1.29 is 14.0 Å². The van der Waals surface area contributed by atoms with Crippen molar-refractivity contribution in [2.75, 3.05) is 0 Å². The van der Waals surface area contributed by atoms with Gasteiger partial charge in [-0.05, 0) is 36.4 Å². The van der Waals surface area contributed by atoms with Gasteiger partial charge in [0.1, 0.15) is 11.3 Å². The van der Waals surface area contributed by atoms with Crippen LogP contribution in [0, 0.1) is 0 Å². The second kappa shape index (κ2) is 7.81. The van der Waals surface area contributed by atoms with E-state index in [9.17, 15) is 9.59 Å². The van der Waals surface area contributed by atoms with Crippen molar-refractivity contribution in [1.82, 2.24) is 9.78 Å². The van der Waals surface area contributed by atoms with Crippen LogP contribution >= 0.6 is 15.9 Å². The lowest BCUT2D eigenvalue weighted by molar-refractivity contribution is 0.0988. The number of halogens is 1. The maximum absolute atomic E-state index is 13.4. The van der Waals surface area contributed by atoms with Crippen molar-refractivity contribution >= 4 is 38.5 Å². The maximum Gasteiger partial charge on any atom is 0.232 e. The average molecular weight is 471 g/mol. The molecule has 2 heterocycles. The first-order chi connectivity index (χ1) is 15.1. The molecule has 0 aliphatic carbocycles. The molecule has 0 saturated heterocycles. The summed E-state index contributed by atoms with van der Waals surface area (Å²) in [6.45, 7) is 0. The molecule has 0 aliphatic heterocycles. The van der Waals surface area contributed by atoms with Crippen molar-refractivity contribution in [3.05, 3.63) is 118 Å². The normalized spacial score (nSPS) is 11.0. The van der Waals surface area contributed by atoms with Gasteiger partial charge in [-0.2, -0.15) is 5.10 Å². The molecule has 0 saturated carbocycles. The van der Waals surface area contributed by atoms with Crippen molar-refractivity contribution in [3.8, 4) is 5.69 Å². The monoisotopic (exact) mass is 470 g/mol. The fraction of sp³-hybridized carbons (Fsp3) is 0. The molecule has 5 rings (SSSR count). The van der Waals surface area contributed by atoms with E-state index in [-0.39, 0.29) is 22.8 Å². The maximum atomic E-state index is 13.4. The first-order valence-electron chi connectivity index (χ1n) is 9.59. The van der Waals surface area contributed by atoms with Gasteiger partial charge in [0.15, 0.2) is 5.76 Å². The zero-order chi connectivity index (χ0) is 21.4. The summed E-state index contributed by atoms with van der Waals surface area (Å²) in [6, 6.07) is 25.3. The molecule has 0 radical (unpaired) electrons. The predicted molar refractivity (Wildman–Crippen MR) is 121 cm³/mol. The zero-order valence-electron chi connectivity index (χ0n) is 16.2. The summed E-state index contributed by atoms with van der Waals surface area (Å²) in [7, 11) is 0. The molecular weight excluding hydrogens is 456 g/mol. The van der Waals surface area contributed by atoms with Crippen LogP contribution in [-0.2, 0) is 0 Å². The Morgan fingerprint density at radius 1 is 0.839 bits per heavy atom. The van der Waals surface area contributed by atoms with Crippen molar-refractivity contribution in [1.29, 1.82) is 0 Å². The number of para-hydroxylation sites is 1. The van der Waals surface area contributed by atoms with Crippen molar-refractivity contribution in [3.63, 3.8) is 0 Å². The number of aromatic nitrogens is 2. The summed E-state index contributed by atoms with van der Waals surface area (Å²) < 4.78 is 8.21. The third kappa shape index (κ3) is 3.62. The Labute approximate surface area is 186 Å². The molecule has 5 aromatic rings. The second-order valence-corrected chi connectivity index (χ2v) is 7.90. The summed E-state index contributed by atoms with van der Waals surface area (Å²) in [5, 5.41) is 5.26. The third-order valence-corrected chi connectivity index (χ3v) is 5.43. The van der Waals surface area contributed by atoms with Crippen LogP contribution < -0.4 is 0 Å². The molecule has 2 aromatic heterocycles. The smallest absolute Gasteiger partial charge is 0.232 e. The number of hydrogen-bond donors (Lipinski definition) is 0. The van der Waals surface area contributed by atoms with Crippen LogP contribution in [0.4, 0.5) is 0 Å². The molecule has 6 heteroatoms. The quantitative estimate of drug-likeness (QED) is 0.302. The predicted octanol–water partition coefficient (Wildman–Crippen LogP) is 5.84. The zero-order valence-corrected chi connectivity index (χ0v) is 17.7. The number of ketones is 2. The van der Waals surface area contributed by atoms with Crippen LogP contribution in [0.15, 0.2) is 100 Å². The van der Waals surface area contributed by atoms with Gasteiger partial charge in [0, 0.05) is 21.6 Å². The number of benzene rings is 3. The van der Waals surface area contributed by atoms with E-state index < -0.39 is 5.78 Å². The molecule has 31 heavy (non-hydrogen) atoms. The summed E-state index contributed by atoms with van der Waals surface area (Å²) >= 11 is 3.42. The minimum absolute atomic E-state index is 0.0849. The van der Waals surface area contributed by atoms with Gasteiger partial charge in [-0.15, -0.1) is 0 Å². The van der Waals surface area contributed by atoms with E-state index in [2.05, 4.69) is 21.0 Å². The molecule has 150 valence electrons. The van der Waals surface area contributed by atoms with Crippen LogP contribution in [0.1, 0.15) is 32.2 Å². The lowest BCUT2D eigenvalue weighted by Gasteiger charge is -2.00. The first-order valence-corrected chi connectivity index (χ1v) is 10.4. The highest BCUT2D eigenvalue weighted by molar-refractivity contribution is 9.10. The van der Waals surface area contributed by atoms with Gasteiger partial charge in [0.25, 0.3) is 0 Å². The molecule has 0 aliphatic rings. The van der Waals surface area contributed by atoms with Gasteiger partial charge < -0.3 is 4.42 Å². The highest BCUT2D eigenvalue weighted by Gasteiger charge is 2.26. The first kappa shape index (κ1) is 19.2. The van der Waals surface area contributed by atoms with Crippen molar-refractivity contribution in [2.45, 2.75) is 0 Å². The van der Waals surface area contributed by atoms with E-state index in [0.29, 0.717) is 11.1 Å². The number of nitrogens with zero attached hydrogens (tertiary/aromatic N) is 2. The molecule has 0 N–H and O–H groups in total. The number of carbonyl (C=O) groups excluding carboxylic acids is 2. The number of furan rings is 1. The molecule has 0 spiro atoms. The van der Waals surface area contributed by atoms with E-state index in [1.54, 1.807) is 47.3 Å². The Morgan fingerprint density at radius 2 is 1.55 bits per heavy atom. The Hall–Kier alpha value is -3.77. The van der Waals surface area contributed by atoms with Crippen LogP contribution in [0.25, 0.3) is 16.7 Å². The molecular formula is C25H15BrN2O3. The van der Waals surface area contributed by atoms with Crippen molar-refractivity contribution in [2.24, 2.45) is 0 Å². The Morgan fingerprint density at radius 3 is 2.29 bits per heavy atom. The molecule has 0 amide bonds. The Balaban J connectivity index is 1.64. The molecule has 0 bridgehead atoms. The summed E-state index contributed by atoms with van der Waals surface area (Å²) in [5.41, 5.74) is 2.08. The standard InChI is InChI=1S/C25H15BrN2O3/c26-18-11-12-21-17(13-18)14-22(31-21)25(30)20-15-28(19-9-5-2-6-10-19)27-23(20)24(29)16-7-3-1-4-8-16/h1-15H. The van der Waals surface area contributed by atoms with E-state index in [4.69, 9.17) is 4.42 Å². The van der Waals surface area contributed by atoms with Crippen LogP contribution in [0.5, 0.6) is 0 Å². The fourth-order valence-corrected chi connectivity index (χ4v) is 3.78. The van der Waals surface area contributed by atoms with Crippen LogP contribution in [-0.4, -0.2) is 21.3 Å². The van der Waals surface area contributed by atoms with Gasteiger partial charge in [0.2, 0.25) is 11.6 Å². The second-order valence-electron chi connectivity index (χ2n) is 6.99. The summed E-state index contributed by atoms with van der Waals surface area (Å²) in [5.74, 6) is -0.561. The minimum atomic E-state index is -0.395. The summed E-state index contributed by atoms with van der Waals surface area (Å²) in [6.07, 6.45) is 1.58. The van der Waals surface area contributed by atoms with Gasteiger partial charge in [-0.1, -0.05) is 64.5 Å². The SMILES string of the molecule is O=C(c1cc2cc(Br)ccc2o1)c1cn(-c2ccccc2)nc1C(=O)c1ccccc1. The van der Waals surface area contributed by atoms with Gasteiger partial charge in [-0.3, -0.25) is 9.59 Å². The average Bonchev–Trinajstić information content (AvgIpc) is 3.44. The highest BCUT2D eigenvalue weighted by atomic mass is 79.9. The molecule has 0 atom stereocenters. The number of hydrogen-bond acceptors (Lipinski definition) is 4. The van der Waals surface area contributed by atoms with E-state index in [1.165, 1.54) is 0 Å². The van der Waals surface area contributed by atoms with Crippen LogP contribution in [0.2, 0.25) is 0 Å². The molecule has 5 nitrogen and oxygen atoms in total. The number of rotatable bonds is 5. The van der Waals surface area contributed by atoms with Crippen LogP contribution in [0.3, 0.4) is 0 Å². The Bertz CT molecular complexity index is 1420. The number of carbonyl (C=O) groups is 2. The van der Waals surface area contributed by atoms with Gasteiger partial charge >= 0.3 is 0 Å². The summed E-state index contributed by atoms with van der Waals surface area (Å²) in [4.78, 5) is 26.6. The molecule has 0 unspecified atom stereocenters. The van der Waals surface area contributed by atoms with Gasteiger partial charge in [0.05, 0.1) is 11.3 Å². The minimum Gasteiger partial charge on any atom is -0.453 e. The molecule has 3 aromatic carbocycles. The molecule has 0 fully saturated rings. The topological polar surface area (TPSA) is 65.1 Å². The largest absolute Gasteiger partial charge is 0.453 e. The third-order valence-electron chi connectivity index (χ3n) is 4.93. The Kier molecular flexibility index (Phi) is 4.84. The van der Waals surface area contributed by atoms with E-state index in [0.717, 1.165) is 15.5 Å². The van der Waals surface area contributed by atoms with E-state index in [1.807, 2.05) is 48.5 Å². The van der Waals surface area contributed by atoms with Gasteiger partial charge in [-0.25, -0.2) is 4.68 Å². The number of fused-ring (bicyclic) bond motifs is 1.